The van der Waals surface area contributed by atoms with Crippen molar-refractivity contribution in [2.75, 3.05) is 17.2 Å². The highest BCUT2D eigenvalue weighted by molar-refractivity contribution is 5.97. The van der Waals surface area contributed by atoms with Gasteiger partial charge in [-0.2, -0.15) is 0 Å². The van der Waals surface area contributed by atoms with E-state index in [0.717, 1.165) is 0 Å². The van der Waals surface area contributed by atoms with E-state index in [-0.39, 0.29) is 31.3 Å². The van der Waals surface area contributed by atoms with Crippen LogP contribution in [0.25, 0.3) is 0 Å². The molecule has 0 bridgehead atoms. The Hall–Kier alpha value is -5.16. The maximum Gasteiger partial charge on any atom is 0.268 e. The Kier molecular flexibility index (Phi) is 11.9. The molecule has 0 heterocycles. The number of rotatable bonds is 8. The van der Waals surface area contributed by atoms with Gasteiger partial charge in [-0.25, -0.2) is 9.87 Å². The summed E-state index contributed by atoms with van der Waals surface area (Å²) in [7, 11) is 0. The molecule has 9 nitrogen and oxygen atoms in total. The fourth-order valence-corrected chi connectivity index (χ4v) is 3.20. The van der Waals surface area contributed by atoms with Crippen LogP contribution in [0.4, 0.5) is 15.8 Å². The maximum absolute atomic E-state index is 12.9. The molecule has 3 aromatic rings. The molecule has 6 N–H and O–H groups in total. The third-order valence-corrected chi connectivity index (χ3v) is 5.25. The standard InChI is InChI=1S/C29H25FN4O5.CH4/c1-19(35)27(29(38)34-39)33-28(37)22-10-6-20(7-11-22)4-2-3-5-21-8-14-25(15-9-21)32-26(36)18-31-24-16-12-23(30)13-17-24;/h6-17,19,27,31,35,39H,18H2,1H3,(H,32,36)(H,33,37)(H,34,38);1H4/t19-,27+;/m1./s1. The quantitative estimate of drug-likeness (QED) is 0.146. The smallest absolute Gasteiger partial charge is 0.268 e. The van der Waals surface area contributed by atoms with E-state index < -0.39 is 24.0 Å². The fraction of sp³-hybridized carbons (Fsp3) is 0.167. The molecule has 3 amide bonds. The first-order chi connectivity index (χ1) is 18.7. The van der Waals surface area contributed by atoms with E-state index in [1.807, 2.05) is 0 Å². The number of carbonyl (C=O) groups excluding carboxylic acids is 3. The Bertz CT molecular complexity index is 1430. The van der Waals surface area contributed by atoms with Crippen LogP contribution in [-0.2, 0) is 9.59 Å². The zero-order valence-corrected chi connectivity index (χ0v) is 20.8. The first kappa shape index (κ1) is 31.1. The van der Waals surface area contributed by atoms with Crippen molar-refractivity contribution >= 4 is 29.1 Å². The zero-order valence-electron chi connectivity index (χ0n) is 20.8. The minimum atomic E-state index is -1.31. The van der Waals surface area contributed by atoms with Gasteiger partial charge in [-0.05, 0) is 91.6 Å². The van der Waals surface area contributed by atoms with E-state index in [0.29, 0.717) is 22.5 Å². The van der Waals surface area contributed by atoms with E-state index in [1.165, 1.54) is 36.7 Å². The average Bonchev–Trinajstić information content (AvgIpc) is 2.94. The third kappa shape index (κ3) is 9.62. The average molecular weight is 545 g/mol. The molecule has 2 atom stereocenters. The second-order valence-corrected chi connectivity index (χ2v) is 8.23. The number of hydroxylamine groups is 1. The number of hydrogen-bond donors (Lipinski definition) is 6. The van der Waals surface area contributed by atoms with Gasteiger partial charge in [0.25, 0.3) is 11.8 Å². The number of benzene rings is 3. The van der Waals surface area contributed by atoms with Crippen LogP contribution in [-0.4, -0.2) is 46.7 Å². The Morgan fingerprint density at radius 3 is 1.90 bits per heavy atom. The lowest BCUT2D eigenvalue weighted by atomic mass is 10.1. The van der Waals surface area contributed by atoms with Gasteiger partial charge in [-0.15, -0.1) is 0 Å². The number of aliphatic hydroxyl groups excluding tert-OH is 1. The molecule has 206 valence electrons. The number of amides is 3. The number of hydrogen-bond acceptors (Lipinski definition) is 6. The molecule has 0 spiro atoms. The Morgan fingerprint density at radius 2 is 1.38 bits per heavy atom. The van der Waals surface area contributed by atoms with E-state index >= 15 is 0 Å². The molecule has 0 aromatic heterocycles. The summed E-state index contributed by atoms with van der Waals surface area (Å²) in [6.07, 6.45) is -1.21. The van der Waals surface area contributed by atoms with Crippen molar-refractivity contribution in [3.63, 3.8) is 0 Å². The number of halogens is 1. The van der Waals surface area contributed by atoms with Gasteiger partial charge < -0.3 is 21.1 Å². The molecule has 0 fully saturated rings. The maximum atomic E-state index is 12.9. The summed E-state index contributed by atoms with van der Waals surface area (Å²) in [6, 6.07) is 17.5. The second-order valence-electron chi connectivity index (χ2n) is 8.23. The number of nitrogens with one attached hydrogen (secondary N) is 4. The van der Waals surface area contributed by atoms with E-state index in [2.05, 4.69) is 39.6 Å². The number of aliphatic hydroxyl groups is 1. The second kappa shape index (κ2) is 15.3. The van der Waals surface area contributed by atoms with Gasteiger partial charge >= 0.3 is 0 Å². The SMILES string of the molecule is C.C[C@@H](O)[C@H](NC(=O)c1ccc(C#CC#Cc2ccc(NC(=O)CNc3ccc(F)cc3)cc2)cc1)C(=O)NO. The molecule has 40 heavy (non-hydrogen) atoms. The molecular weight excluding hydrogens is 515 g/mol. The Balaban J connectivity index is 0.00000560. The summed E-state index contributed by atoms with van der Waals surface area (Å²) in [5, 5.41) is 26.4. The van der Waals surface area contributed by atoms with Gasteiger partial charge in [0.1, 0.15) is 11.9 Å². The molecular formula is C30H29FN4O5. The fourth-order valence-electron chi connectivity index (χ4n) is 3.20. The largest absolute Gasteiger partial charge is 0.391 e. The molecule has 0 aliphatic rings. The monoisotopic (exact) mass is 544 g/mol. The minimum Gasteiger partial charge on any atom is -0.391 e. The van der Waals surface area contributed by atoms with E-state index in [4.69, 9.17) is 5.21 Å². The molecule has 0 unspecified atom stereocenters. The van der Waals surface area contributed by atoms with Crippen molar-refractivity contribution in [1.29, 1.82) is 0 Å². The van der Waals surface area contributed by atoms with Crippen LogP contribution < -0.4 is 21.4 Å². The Labute approximate surface area is 231 Å². The van der Waals surface area contributed by atoms with Crippen molar-refractivity contribution in [3.8, 4) is 23.7 Å². The summed E-state index contributed by atoms with van der Waals surface area (Å²) in [4.78, 5) is 36.0. The van der Waals surface area contributed by atoms with Crippen molar-refractivity contribution in [3.05, 3.63) is 95.3 Å². The van der Waals surface area contributed by atoms with Gasteiger partial charge in [0.05, 0.1) is 12.6 Å². The number of anilines is 2. The molecule has 0 radical (unpaired) electrons. The lowest BCUT2D eigenvalue weighted by Crippen LogP contribution is -2.51. The van der Waals surface area contributed by atoms with Crippen molar-refractivity contribution in [1.82, 2.24) is 10.8 Å². The van der Waals surface area contributed by atoms with Crippen molar-refractivity contribution in [2.45, 2.75) is 26.5 Å². The first-order valence-corrected chi connectivity index (χ1v) is 11.7. The van der Waals surface area contributed by atoms with Crippen LogP contribution in [0.3, 0.4) is 0 Å². The first-order valence-electron chi connectivity index (χ1n) is 11.7. The van der Waals surface area contributed by atoms with Crippen molar-refractivity contribution < 1.29 is 29.1 Å². The highest BCUT2D eigenvalue weighted by atomic mass is 19.1. The zero-order chi connectivity index (χ0) is 28.2. The molecule has 0 aliphatic heterocycles. The van der Waals surface area contributed by atoms with E-state index in [1.54, 1.807) is 48.5 Å². The topological polar surface area (TPSA) is 140 Å². The van der Waals surface area contributed by atoms with Gasteiger partial charge in [0, 0.05) is 28.1 Å². The third-order valence-electron chi connectivity index (χ3n) is 5.25. The predicted octanol–water partition coefficient (Wildman–Crippen LogP) is 2.90. The summed E-state index contributed by atoms with van der Waals surface area (Å²) in [5.74, 6) is 9.07. The van der Waals surface area contributed by atoms with Crippen LogP contribution in [0.2, 0.25) is 0 Å². The van der Waals surface area contributed by atoms with Crippen molar-refractivity contribution in [2.24, 2.45) is 0 Å². The minimum absolute atomic E-state index is 0. The molecule has 0 saturated heterocycles. The molecule has 0 saturated carbocycles. The van der Waals surface area contributed by atoms with Gasteiger partial charge in [-0.3, -0.25) is 19.6 Å². The van der Waals surface area contributed by atoms with Gasteiger partial charge in [0.15, 0.2) is 0 Å². The molecule has 3 rings (SSSR count). The van der Waals surface area contributed by atoms with Gasteiger partial charge in [-0.1, -0.05) is 19.3 Å². The summed E-state index contributed by atoms with van der Waals surface area (Å²) >= 11 is 0. The van der Waals surface area contributed by atoms with Crippen LogP contribution >= 0.6 is 0 Å². The van der Waals surface area contributed by atoms with Crippen LogP contribution in [0.1, 0.15) is 35.8 Å². The molecule has 3 aromatic carbocycles. The van der Waals surface area contributed by atoms with E-state index in [9.17, 15) is 23.9 Å². The normalized spacial score (nSPS) is 11.1. The lowest BCUT2D eigenvalue weighted by Gasteiger charge is -2.19. The summed E-state index contributed by atoms with van der Waals surface area (Å²) in [6.45, 7) is 1.33. The van der Waals surface area contributed by atoms with Gasteiger partial charge in [0.2, 0.25) is 5.91 Å². The van der Waals surface area contributed by atoms with Crippen LogP contribution in [0.5, 0.6) is 0 Å². The summed E-state index contributed by atoms with van der Waals surface area (Å²) in [5.41, 5.74) is 4.17. The number of carbonyl (C=O) groups is 3. The molecule has 10 heteroatoms. The predicted molar refractivity (Wildman–Crippen MR) is 150 cm³/mol. The lowest BCUT2D eigenvalue weighted by molar-refractivity contribution is -0.133. The molecule has 0 aliphatic carbocycles. The van der Waals surface area contributed by atoms with Crippen LogP contribution in [0.15, 0.2) is 72.8 Å². The summed E-state index contributed by atoms with van der Waals surface area (Å²) < 4.78 is 12.9. The van der Waals surface area contributed by atoms with Crippen LogP contribution in [0, 0.1) is 29.5 Å². The highest BCUT2D eigenvalue weighted by Crippen LogP contribution is 2.10. The Morgan fingerprint density at radius 1 is 0.850 bits per heavy atom. The highest BCUT2D eigenvalue weighted by Gasteiger charge is 2.25.